The number of carbonyl (C=O) groups is 1. The van der Waals surface area contributed by atoms with Gasteiger partial charge in [0.2, 0.25) is 5.88 Å². The van der Waals surface area contributed by atoms with Gasteiger partial charge < -0.3 is 9.26 Å². The number of hydrogen-bond acceptors (Lipinski definition) is 4. The Morgan fingerprint density at radius 3 is 2.60 bits per heavy atom. The van der Waals surface area contributed by atoms with Crippen LogP contribution in [0.3, 0.4) is 0 Å². The molecule has 0 bridgehead atoms. The molecule has 0 aliphatic rings. The molecule has 0 radical (unpaired) electrons. The summed E-state index contributed by atoms with van der Waals surface area (Å²) >= 11 is 0. The third-order valence-electron chi connectivity index (χ3n) is 3.37. The van der Waals surface area contributed by atoms with Gasteiger partial charge in [0.05, 0.1) is 0 Å². The van der Waals surface area contributed by atoms with E-state index in [0.29, 0.717) is 29.2 Å². The predicted molar refractivity (Wildman–Crippen MR) is 92.0 cm³/mol. The van der Waals surface area contributed by atoms with Crippen molar-refractivity contribution in [1.82, 2.24) is 5.16 Å². The van der Waals surface area contributed by atoms with Crippen LogP contribution >= 0.6 is 0 Å². The number of aromatic nitrogens is 1. The summed E-state index contributed by atoms with van der Waals surface area (Å²) in [5.74, 6) is 0.185. The molecule has 0 spiro atoms. The lowest BCUT2D eigenvalue weighted by atomic mass is 10.1. The Balaban J connectivity index is 1.67. The van der Waals surface area contributed by atoms with Gasteiger partial charge in [-0.2, -0.15) is 0 Å². The molecule has 1 aromatic heterocycles. The van der Waals surface area contributed by atoms with Crippen molar-refractivity contribution in [1.29, 1.82) is 0 Å². The minimum atomic E-state index is -0.336. The zero-order valence-electron chi connectivity index (χ0n) is 13.2. The van der Waals surface area contributed by atoms with Gasteiger partial charge in [-0.1, -0.05) is 17.8 Å². The average Bonchev–Trinajstić information content (AvgIpc) is 3.09. The van der Waals surface area contributed by atoms with Crippen molar-refractivity contribution in [3.05, 3.63) is 78.6 Å². The van der Waals surface area contributed by atoms with Crippen LogP contribution in [-0.4, -0.2) is 17.7 Å². The molecule has 0 saturated carbocycles. The summed E-state index contributed by atoms with van der Waals surface area (Å²) in [4.78, 5) is 12.2. The molecule has 0 fully saturated rings. The number of ether oxygens (including phenoxy) is 1. The first-order valence-electron chi connectivity index (χ1n) is 7.53. The summed E-state index contributed by atoms with van der Waals surface area (Å²) in [7, 11) is 0. The maximum absolute atomic E-state index is 12.9. The summed E-state index contributed by atoms with van der Waals surface area (Å²) in [5.41, 5.74) is 1.64. The minimum Gasteiger partial charge on any atom is -0.490 e. The predicted octanol–water partition coefficient (Wildman–Crippen LogP) is 4.30. The van der Waals surface area contributed by atoms with E-state index in [4.69, 9.17) is 9.26 Å². The van der Waals surface area contributed by atoms with Gasteiger partial charge in [0.15, 0.2) is 0 Å². The number of carbonyl (C=O) groups excluding carboxylic acids is 1. The van der Waals surface area contributed by atoms with Crippen LogP contribution in [0.2, 0.25) is 0 Å². The van der Waals surface area contributed by atoms with Crippen LogP contribution in [-0.2, 0) is 0 Å². The zero-order valence-corrected chi connectivity index (χ0v) is 13.2. The average molecular weight is 338 g/mol. The fourth-order valence-corrected chi connectivity index (χ4v) is 2.13. The number of benzene rings is 2. The highest BCUT2D eigenvalue weighted by Crippen LogP contribution is 2.22. The van der Waals surface area contributed by atoms with Gasteiger partial charge in [0.25, 0.3) is 5.91 Å². The molecule has 1 amide bonds. The topological polar surface area (TPSA) is 64.4 Å². The van der Waals surface area contributed by atoms with Crippen molar-refractivity contribution in [3.63, 3.8) is 0 Å². The lowest BCUT2D eigenvalue weighted by molar-refractivity contribution is 0.102. The van der Waals surface area contributed by atoms with E-state index in [1.165, 1.54) is 12.1 Å². The third-order valence-corrected chi connectivity index (χ3v) is 3.37. The SMILES string of the molecule is C=CCOc1ccc(C(=O)Nc2cc(-c3ccc(F)cc3)no2)cc1. The fraction of sp³-hybridized carbons (Fsp3) is 0.0526. The van der Waals surface area contributed by atoms with Crippen molar-refractivity contribution < 1.29 is 18.4 Å². The van der Waals surface area contributed by atoms with Crippen molar-refractivity contribution >= 4 is 11.8 Å². The van der Waals surface area contributed by atoms with E-state index in [0.717, 1.165) is 0 Å². The number of nitrogens with zero attached hydrogens (tertiary/aromatic N) is 1. The Labute approximate surface area is 143 Å². The minimum absolute atomic E-state index is 0.205. The van der Waals surface area contributed by atoms with E-state index >= 15 is 0 Å². The number of rotatable bonds is 6. The Bertz CT molecular complexity index is 870. The molecule has 5 nitrogen and oxygen atoms in total. The quantitative estimate of drug-likeness (QED) is 0.681. The molecule has 6 heteroatoms. The highest BCUT2D eigenvalue weighted by Gasteiger charge is 2.11. The molecular weight excluding hydrogens is 323 g/mol. The molecule has 2 aromatic carbocycles. The van der Waals surface area contributed by atoms with Crippen molar-refractivity contribution in [2.75, 3.05) is 11.9 Å². The van der Waals surface area contributed by atoms with E-state index in [2.05, 4.69) is 17.1 Å². The number of halogens is 1. The molecule has 3 aromatic rings. The molecule has 3 rings (SSSR count). The van der Waals surface area contributed by atoms with Crippen LogP contribution in [0.25, 0.3) is 11.3 Å². The molecule has 25 heavy (non-hydrogen) atoms. The Morgan fingerprint density at radius 2 is 1.92 bits per heavy atom. The maximum Gasteiger partial charge on any atom is 0.258 e. The van der Waals surface area contributed by atoms with Crippen LogP contribution < -0.4 is 10.1 Å². The van der Waals surface area contributed by atoms with Crippen molar-refractivity contribution in [2.24, 2.45) is 0 Å². The second-order valence-corrected chi connectivity index (χ2v) is 5.16. The van der Waals surface area contributed by atoms with E-state index in [1.807, 2.05) is 0 Å². The molecule has 0 aliphatic carbocycles. The first kappa shape index (κ1) is 16.4. The van der Waals surface area contributed by atoms with Crippen LogP contribution in [0.4, 0.5) is 10.3 Å². The Morgan fingerprint density at radius 1 is 1.20 bits per heavy atom. The summed E-state index contributed by atoms with van der Waals surface area (Å²) in [6.07, 6.45) is 1.64. The summed E-state index contributed by atoms with van der Waals surface area (Å²) in [6.45, 7) is 3.97. The second-order valence-electron chi connectivity index (χ2n) is 5.16. The van der Waals surface area contributed by atoms with Gasteiger partial charge >= 0.3 is 0 Å². The molecule has 0 aliphatic heterocycles. The first-order chi connectivity index (χ1) is 12.2. The van der Waals surface area contributed by atoms with Crippen molar-refractivity contribution in [2.45, 2.75) is 0 Å². The smallest absolute Gasteiger partial charge is 0.258 e. The molecule has 126 valence electrons. The van der Waals surface area contributed by atoms with Crippen LogP contribution in [0.5, 0.6) is 5.75 Å². The van der Waals surface area contributed by atoms with E-state index in [-0.39, 0.29) is 17.6 Å². The third kappa shape index (κ3) is 4.11. The molecule has 0 atom stereocenters. The maximum atomic E-state index is 12.9. The van der Waals surface area contributed by atoms with Gasteiger partial charge in [-0.05, 0) is 48.5 Å². The van der Waals surface area contributed by atoms with Crippen LogP contribution in [0.15, 0.2) is 71.8 Å². The number of anilines is 1. The molecule has 1 N–H and O–H groups in total. The highest BCUT2D eigenvalue weighted by atomic mass is 19.1. The molecule has 1 heterocycles. The second kappa shape index (κ2) is 7.44. The lowest BCUT2D eigenvalue weighted by Crippen LogP contribution is -2.11. The van der Waals surface area contributed by atoms with Gasteiger partial charge in [0.1, 0.15) is 23.9 Å². The molecule has 0 unspecified atom stereocenters. The standard InChI is InChI=1S/C19H15FN2O3/c1-2-11-24-16-9-5-14(6-10-16)19(23)21-18-12-17(22-25-18)13-3-7-15(20)8-4-13/h2-10,12H,1,11H2,(H,21,23). The van der Waals surface area contributed by atoms with E-state index < -0.39 is 0 Å². The molecular formula is C19H15FN2O3. The Hall–Kier alpha value is -3.41. The fourth-order valence-electron chi connectivity index (χ4n) is 2.13. The van der Waals surface area contributed by atoms with E-state index in [9.17, 15) is 9.18 Å². The van der Waals surface area contributed by atoms with Gasteiger partial charge in [0, 0.05) is 17.2 Å². The van der Waals surface area contributed by atoms with Gasteiger partial charge in [-0.15, -0.1) is 0 Å². The Kier molecular flexibility index (Phi) is 4.89. The first-order valence-corrected chi connectivity index (χ1v) is 7.53. The summed E-state index contributed by atoms with van der Waals surface area (Å²) < 4.78 is 23.4. The monoisotopic (exact) mass is 338 g/mol. The largest absolute Gasteiger partial charge is 0.490 e. The van der Waals surface area contributed by atoms with Gasteiger partial charge in [-0.25, -0.2) is 4.39 Å². The number of hydrogen-bond donors (Lipinski definition) is 1. The zero-order chi connectivity index (χ0) is 17.6. The molecule has 0 saturated heterocycles. The highest BCUT2D eigenvalue weighted by molar-refractivity contribution is 6.03. The van der Waals surface area contributed by atoms with Crippen molar-refractivity contribution in [3.8, 4) is 17.0 Å². The normalized spacial score (nSPS) is 10.3. The van der Waals surface area contributed by atoms with Gasteiger partial charge in [-0.3, -0.25) is 10.1 Å². The summed E-state index contributed by atoms with van der Waals surface area (Å²) in [6, 6.07) is 14.1. The van der Waals surface area contributed by atoms with Crippen LogP contribution in [0.1, 0.15) is 10.4 Å². The van der Waals surface area contributed by atoms with E-state index in [1.54, 1.807) is 48.5 Å². The number of amides is 1. The van der Waals surface area contributed by atoms with Crippen LogP contribution in [0, 0.1) is 5.82 Å². The lowest BCUT2D eigenvalue weighted by Gasteiger charge is -2.04. The number of nitrogens with one attached hydrogen (secondary N) is 1. The summed E-state index contributed by atoms with van der Waals surface area (Å²) in [5, 5.41) is 6.49.